The maximum atomic E-state index is 12.5. The highest BCUT2D eigenvalue weighted by Gasteiger charge is 2.40. The third-order valence-corrected chi connectivity index (χ3v) is 4.83. The fourth-order valence-electron chi connectivity index (χ4n) is 3.46. The second-order valence-corrected chi connectivity index (χ2v) is 6.63. The van der Waals surface area contributed by atoms with Gasteiger partial charge in [0.05, 0.1) is 5.92 Å². The minimum absolute atomic E-state index is 0.0769. The fraction of sp³-hybridized carbons (Fsp3) is 0.611. The highest BCUT2D eigenvalue weighted by Crippen LogP contribution is 2.38. The Balaban J connectivity index is 1.44. The van der Waals surface area contributed by atoms with Gasteiger partial charge in [0.2, 0.25) is 5.91 Å². The van der Waals surface area contributed by atoms with E-state index in [-0.39, 0.29) is 17.6 Å². The number of nitrogens with one attached hydrogen (secondary N) is 2. The Kier molecular flexibility index (Phi) is 5.66. The van der Waals surface area contributed by atoms with Crippen LogP contribution in [0.5, 0.6) is 5.75 Å². The van der Waals surface area contributed by atoms with Crippen molar-refractivity contribution in [2.24, 2.45) is 11.8 Å². The summed E-state index contributed by atoms with van der Waals surface area (Å²) in [6.45, 7) is -1.24. The Morgan fingerprint density at radius 1 is 1.25 bits per heavy atom. The zero-order chi connectivity index (χ0) is 16.9. The van der Waals surface area contributed by atoms with Gasteiger partial charge in [0, 0.05) is 12.6 Å². The molecule has 3 rings (SSSR count). The topological polar surface area (TPSA) is 50.4 Å². The first-order valence-electron chi connectivity index (χ1n) is 8.68. The van der Waals surface area contributed by atoms with Crippen LogP contribution >= 0.6 is 0 Å². The van der Waals surface area contributed by atoms with E-state index in [0.29, 0.717) is 24.9 Å². The molecule has 1 amide bonds. The van der Waals surface area contributed by atoms with Crippen molar-refractivity contribution in [3.8, 4) is 5.75 Å². The summed E-state index contributed by atoms with van der Waals surface area (Å²) in [7, 11) is 0. The second-order valence-electron chi connectivity index (χ2n) is 6.63. The van der Waals surface area contributed by atoms with Crippen molar-refractivity contribution in [1.29, 1.82) is 0 Å². The summed E-state index contributed by atoms with van der Waals surface area (Å²) in [5.74, 6) is 1.03. The van der Waals surface area contributed by atoms with Crippen LogP contribution in [-0.4, -0.2) is 31.7 Å². The number of amides is 1. The van der Waals surface area contributed by atoms with Gasteiger partial charge in [0.15, 0.2) is 0 Å². The van der Waals surface area contributed by atoms with E-state index in [1.54, 1.807) is 12.1 Å². The summed E-state index contributed by atoms with van der Waals surface area (Å²) in [5.41, 5.74) is 0.984. The molecule has 1 heterocycles. The molecule has 0 spiro atoms. The molecule has 1 aromatic carbocycles. The predicted molar refractivity (Wildman–Crippen MR) is 87.0 cm³/mol. The quantitative estimate of drug-likeness (QED) is 0.804. The standard InChI is InChI=1S/C18H24F2N2O2/c19-18(20)24-14-7-3-12(4-8-14)9-11-22-17(23)15-2-1-10-21-16(15)13-5-6-13/h3-4,7-8,13,15-16,18,21H,1-2,5-6,9-11H2,(H,22,23)/t15-,16-/m1/s1. The van der Waals surface area contributed by atoms with Crippen molar-refractivity contribution in [1.82, 2.24) is 10.6 Å². The first kappa shape index (κ1) is 17.1. The molecule has 2 N–H and O–H groups in total. The van der Waals surface area contributed by atoms with Crippen LogP contribution in [0.3, 0.4) is 0 Å². The molecule has 0 aromatic heterocycles. The van der Waals surface area contributed by atoms with Gasteiger partial charge in [-0.05, 0) is 62.3 Å². The van der Waals surface area contributed by atoms with Crippen LogP contribution in [0.25, 0.3) is 0 Å². The maximum Gasteiger partial charge on any atom is 0.387 e. The Labute approximate surface area is 141 Å². The molecule has 1 saturated carbocycles. The molecule has 0 bridgehead atoms. The molecule has 1 aliphatic carbocycles. The third kappa shape index (κ3) is 4.66. The van der Waals surface area contributed by atoms with Crippen molar-refractivity contribution >= 4 is 5.91 Å². The number of hydrogen-bond acceptors (Lipinski definition) is 3. The van der Waals surface area contributed by atoms with Crippen LogP contribution in [0.15, 0.2) is 24.3 Å². The number of carbonyl (C=O) groups excluding carboxylic acids is 1. The van der Waals surface area contributed by atoms with Crippen molar-refractivity contribution in [3.63, 3.8) is 0 Å². The smallest absolute Gasteiger partial charge is 0.387 e. The molecule has 2 fully saturated rings. The van der Waals surface area contributed by atoms with E-state index >= 15 is 0 Å². The van der Waals surface area contributed by atoms with Gasteiger partial charge in [0.1, 0.15) is 5.75 Å². The van der Waals surface area contributed by atoms with Gasteiger partial charge in [-0.1, -0.05) is 12.1 Å². The molecule has 1 aliphatic heterocycles. The molecule has 1 aromatic rings. The summed E-state index contributed by atoms with van der Waals surface area (Å²) in [5, 5.41) is 6.54. The lowest BCUT2D eigenvalue weighted by Gasteiger charge is -2.31. The molecule has 4 nitrogen and oxygen atoms in total. The highest BCUT2D eigenvalue weighted by atomic mass is 19.3. The molecular formula is C18H24F2N2O2. The number of ether oxygens (including phenoxy) is 1. The summed E-state index contributed by atoms with van der Waals surface area (Å²) < 4.78 is 28.5. The second kappa shape index (κ2) is 7.92. The largest absolute Gasteiger partial charge is 0.435 e. The van der Waals surface area contributed by atoms with Crippen LogP contribution in [0, 0.1) is 11.8 Å². The van der Waals surface area contributed by atoms with Gasteiger partial charge in [-0.25, -0.2) is 0 Å². The minimum Gasteiger partial charge on any atom is -0.435 e. The summed E-state index contributed by atoms with van der Waals surface area (Å²) >= 11 is 0. The normalized spacial score (nSPS) is 24.0. The molecule has 24 heavy (non-hydrogen) atoms. The Hall–Kier alpha value is -1.69. The number of hydrogen-bond donors (Lipinski definition) is 2. The minimum atomic E-state index is -2.81. The molecular weight excluding hydrogens is 314 g/mol. The fourth-order valence-corrected chi connectivity index (χ4v) is 3.46. The Morgan fingerprint density at radius 2 is 2.00 bits per heavy atom. The number of halogens is 2. The first-order valence-corrected chi connectivity index (χ1v) is 8.68. The van der Waals surface area contributed by atoms with E-state index < -0.39 is 6.61 Å². The SMILES string of the molecule is O=C(NCCc1ccc(OC(F)F)cc1)[C@@H]1CCCN[C@@H]1C1CC1. The maximum absolute atomic E-state index is 12.5. The molecule has 2 atom stereocenters. The van der Waals surface area contributed by atoms with E-state index in [1.807, 2.05) is 0 Å². The Bertz CT molecular complexity index is 546. The summed E-state index contributed by atoms with van der Waals surface area (Å²) in [6, 6.07) is 6.89. The number of alkyl halides is 2. The van der Waals surface area contributed by atoms with Gasteiger partial charge >= 0.3 is 6.61 Å². The van der Waals surface area contributed by atoms with Crippen molar-refractivity contribution in [2.45, 2.75) is 44.8 Å². The summed E-state index contributed by atoms with van der Waals surface area (Å²) in [4.78, 5) is 12.5. The van der Waals surface area contributed by atoms with E-state index in [9.17, 15) is 13.6 Å². The average molecular weight is 338 g/mol. The van der Waals surface area contributed by atoms with Crippen molar-refractivity contribution in [2.75, 3.05) is 13.1 Å². The molecule has 1 saturated heterocycles. The van der Waals surface area contributed by atoms with Gasteiger partial charge in [-0.3, -0.25) is 4.79 Å². The van der Waals surface area contributed by atoms with Crippen molar-refractivity contribution in [3.05, 3.63) is 29.8 Å². The van der Waals surface area contributed by atoms with Crippen LogP contribution in [0.2, 0.25) is 0 Å². The van der Waals surface area contributed by atoms with Crippen LogP contribution in [0.1, 0.15) is 31.2 Å². The molecule has 132 valence electrons. The van der Waals surface area contributed by atoms with E-state index in [2.05, 4.69) is 15.4 Å². The number of benzene rings is 1. The van der Waals surface area contributed by atoms with Gasteiger partial charge in [-0.15, -0.1) is 0 Å². The van der Waals surface area contributed by atoms with Crippen LogP contribution < -0.4 is 15.4 Å². The van der Waals surface area contributed by atoms with Crippen molar-refractivity contribution < 1.29 is 18.3 Å². The lowest BCUT2D eigenvalue weighted by Crippen LogP contribution is -2.49. The first-order chi connectivity index (χ1) is 11.6. The lowest BCUT2D eigenvalue weighted by molar-refractivity contribution is -0.126. The van der Waals surface area contributed by atoms with E-state index in [4.69, 9.17) is 0 Å². The number of carbonyl (C=O) groups is 1. The summed E-state index contributed by atoms with van der Waals surface area (Å²) in [6.07, 6.45) is 5.14. The van der Waals surface area contributed by atoms with Gasteiger partial charge < -0.3 is 15.4 Å². The predicted octanol–water partition coefficient (Wildman–Crippen LogP) is 2.72. The van der Waals surface area contributed by atoms with E-state index in [0.717, 1.165) is 24.9 Å². The third-order valence-electron chi connectivity index (χ3n) is 4.83. The molecule has 6 heteroatoms. The highest BCUT2D eigenvalue weighted by molar-refractivity contribution is 5.79. The van der Waals surface area contributed by atoms with Crippen LogP contribution in [-0.2, 0) is 11.2 Å². The zero-order valence-electron chi connectivity index (χ0n) is 13.6. The molecule has 2 aliphatic rings. The average Bonchev–Trinajstić information content (AvgIpc) is 3.41. The number of piperidine rings is 1. The lowest BCUT2D eigenvalue weighted by atomic mass is 9.87. The van der Waals surface area contributed by atoms with Gasteiger partial charge in [0.25, 0.3) is 0 Å². The van der Waals surface area contributed by atoms with Crippen LogP contribution in [0.4, 0.5) is 8.78 Å². The zero-order valence-corrected chi connectivity index (χ0v) is 13.6. The monoisotopic (exact) mass is 338 g/mol. The number of rotatable bonds is 7. The Morgan fingerprint density at radius 3 is 2.67 bits per heavy atom. The molecule has 0 unspecified atom stereocenters. The molecule has 0 radical (unpaired) electrons. The van der Waals surface area contributed by atoms with E-state index in [1.165, 1.54) is 25.0 Å². The van der Waals surface area contributed by atoms with Gasteiger partial charge in [-0.2, -0.15) is 8.78 Å².